The Morgan fingerprint density at radius 2 is 1.71 bits per heavy atom. The Kier molecular flexibility index (Phi) is 4.30. The van der Waals surface area contributed by atoms with Gasteiger partial charge in [0.25, 0.3) is 5.91 Å². The number of phenols is 2. The quantitative estimate of drug-likeness (QED) is 0.652. The third kappa shape index (κ3) is 3.62. The third-order valence-electron chi connectivity index (χ3n) is 2.67. The topological polar surface area (TPSA) is 95.6 Å². The monoisotopic (exact) mass is 322 g/mol. The minimum Gasteiger partial charge on any atom is -0.508 e. The van der Waals surface area contributed by atoms with Crippen molar-refractivity contribution in [3.05, 3.63) is 52.5 Å². The summed E-state index contributed by atoms with van der Waals surface area (Å²) in [6.07, 6.45) is 0. The summed E-state index contributed by atoms with van der Waals surface area (Å²) in [4.78, 5) is 12.2. The van der Waals surface area contributed by atoms with E-state index in [9.17, 15) is 15.0 Å². The van der Waals surface area contributed by atoms with E-state index in [1.165, 1.54) is 12.1 Å². The van der Waals surface area contributed by atoms with Crippen LogP contribution < -0.4 is 11.1 Å². The second-order valence-electron chi connectivity index (χ2n) is 4.25. The molecular formula is C14H11ClN2O3S. The number of carbonyl (C=O) groups excluding carboxylic acids is 1. The smallest absolute Gasteiger partial charge is 0.255 e. The van der Waals surface area contributed by atoms with E-state index in [0.29, 0.717) is 11.3 Å². The molecule has 2 rings (SSSR count). The Morgan fingerprint density at radius 1 is 1.10 bits per heavy atom. The van der Waals surface area contributed by atoms with Crippen LogP contribution in [0, 0.1) is 0 Å². The summed E-state index contributed by atoms with van der Waals surface area (Å²) in [6, 6.07) is 8.32. The molecule has 0 spiro atoms. The molecule has 0 saturated carbocycles. The summed E-state index contributed by atoms with van der Waals surface area (Å²) in [7, 11) is 0. The molecule has 1 amide bonds. The van der Waals surface area contributed by atoms with E-state index in [1.807, 2.05) is 0 Å². The van der Waals surface area contributed by atoms with E-state index in [-0.39, 0.29) is 27.1 Å². The number of thiocarbonyl (C=S) groups is 1. The number of phenolic OH excluding ortho intramolecular Hbond substituents is 2. The van der Waals surface area contributed by atoms with Crippen molar-refractivity contribution in [2.75, 3.05) is 5.32 Å². The van der Waals surface area contributed by atoms with Crippen LogP contribution in [0.15, 0.2) is 36.4 Å². The number of rotatable bonds is 3. The number of hydrogen-bond acceptors (Lipinski definition) is 4. The molecule has 0 unspecified atom stereocenters. The first-order valence-electron chi connectivity index (χ1n) is 5.80. The molecule has 0 heterocycles. The predicted molar refractivity (Wildman–Crippen MR) is 85.1 cm³/mol. The fraction of sp³-hybridized carbons (Fsp3) is 0. The summed E-state index contributed by atoms with van der Waals surface area (Å²) in [6.45, 7) is 0. The fourth-order valence-corrected chi connectivity index (χ4v) is 2.05. The van der Waals surface area contributed by atoms with Gasteiger partial charge < -0.3 is 21.3 Å². The van der Waals surface area contributed by atoms with E-state index in [4.69, 9.17) is 29.6 Å². The highest BCUT2D eigenvalue weighted by Gasteiger charge is 2.11. The highest BCUT2D eigenvalue weighted by Crippen LogP contribution is 2.25. The van der Waals surface area contributed by atoms with Gasteiger partial charge in [0.15, 0.2) is 0 Å². The molecule has 0 radical (unpaired) electrons. The molecule has 2 aromatic carbocycles. The minimum atomic E-state index is -0.522. The maximum absolute atomic E-state index is 12.0. The van der Waals surface area contributed by atoms with E-state index in [0.717, 1.165) is 6.07 Å². The lowest BCUT2D eigenvalue weighted by Gasteiger charge is -2.09. The van der Waals surface area contributed by atoms with Crippen LogP contribution in [0.2, 0.25) is 5.02 Å². The molecule has 0 fully saturated rings. The zero-order valence-corrected chi connectivity index (χ0v) is 12.2. The van der Waals surface area contributed by atoms with E-state index < -0.39 is 5.91 Å². The number of aromatic hydroxyl groups is 2. The van der Waals surface area contributed by atoms with Gasteiger partial charge in [0.05, 0.1) is 10.7 Å². The first-order valence-corrected chi connectivity index (χ1v) is 6.59. The van der Waals surface area contributed by atoms with Crippen molar-refractivity contribution in [3.63, 3.8) is 0 Å². The van der Waals surface area contributed by atoms with Gasteiger partial charge in [0.1, 0.15) is 16.5 Å². The van der Waals surface area contributed by atoms with Crippen molar-refractivity contribution >= 4 is 40.4 Å². The lowest BCUT2D eigenvalue weighted by atomic mass is 10.1. The van der Waals surface area contributed by atoms with E-state index in [1.54, 1.807) is 18.2 Å². The molecule has 0 aliphatic heterocycles. The van der Waals surface area contributed by atoms with Gasteiger partial charge in [0.2, 0.25) is 0 Å². The lowest BCUT2D eigenvalue weighted by molar-refractivity contribution is 0.102. The Morgan fingerprint density at radius 3 is 2.24 bits per heavy atom. The van der Waals surface area contributed by atoms with Crippen LogP contribution in [-0.2, 0) is 0 Å². The number of anilines is 1. The fourth-order valence-electron chi connectivity index (χ4n) is 1.69. The summed E-state index contributed by atoms with van der Waals surface area (Å²) >= 11 is 10.9. The molecule has 0 aliphatic rings. The Bertz CT molecular complexity index is 714. The maximum Gasteiger partial charge on any atom is 0.255 e. The van der Waals surface area contributed by atoms with Gasteiger partial charge >= 0.3 is 0 Å². The molecule has 7 heteroatoms. The van der Waals surface area contributed by atoms with Crippen LogP contribution in [0.5, 0.6) is 11.5 Å². The average molecular weight is 323 g/mol. The number of amides is 1. The molecule has 0 atom stereocenters. The second-order valence-corrected chi connectivity index (χ2v) is 5.10. The normalized spacial score (nSPS) is 10.1. The van der Waals surface area contributed by atoms with Crippen molar-refractivity contribution in [2.24, 2.45) is 5.73 Å². The lowest BCUT2D eigenvalue weighted by Crippen LogP contribution is -2.13. The average Bonchev–Trinajstić information content (AvgIpc) is 2.39. The molecule has 5 N–H and O–H groups in total. The zero-order valence-electron chi connectivity index (χ0n) is 10.6. The largest absolute Gasteiger partial charge is 0.508 e. The van der Waals surface area contributed by atoms with E-state index in [2.05, 4.69) is 5.32 Å². The number of benzene rings is 2. The van der Waals surface area contributed by atoms with Gasteiger partial charge in [-0.2, -0.15) is 0 Å². The second kappa shape index (κ2) is 5.99. The molecule has 21 heavy (non-hydrogen) atoms. The SMILES string of the molecule is NC(=S)c1ccc(NC(=O)c2cc(O)cc(O)c2)c(Cl)c1. The number of nitrogens with one attached hydrogen (secondary N) is 1. The number of carbonyl (C=O) groups is 1. The first-order chi connectivity index (χ1) is 9.86. The van der Waals surface area contributed by atoms with Crippen molar-refractivity contribution in [3.8, 4) is 11.5 Å². The summed E-state index contributed by atoms with van der Waals surface area (Å²) in [5, 5.41) is 21.6. The minimum absolute atomic E-state index is 0.0991. The van der Waals surface area contributed by atoms with Gasteiger partial charge in [-0.15, -0.1) is 0 Å². The highest BCUT2D eigenvalue weighted by molar-refractivity contribution is 7.80. The molecule has 5 nitrogen and oxygen atoms in total. The van der Waals surface area contributed by atoms with Gasteiger partial charge in [0, 0.05) is 17.2 Å². The van der Waals surface area contributed by atoms with Gasteiger partial charge in [-0.25, -0.2) is 0 Å². The summed E-state index contributed by atoms with van der Waals surface area (Å²) in [5.41, 5.74) is 6.54. The molecule has 0 aliphatic carbocycles. The van der Waals surface area contributed by atoms with Crippen LogP contribution in [0.1, 0.15) is 15.9 Å². The summed E-state index contributed by atoms with van der Waals surface area (Å²) < 4.78 is 0. The van der Waals surface area contributed by atoms with Crippen molar-refractivity contribution in [1.82, 2.24) is 0 Å². The molecule has 0 saturated heterocycles. The number of halogens is 1. The van der Waals surface area contributed by atoms with Crippen LogP contribution in [0.4, 0.5) is 5.69 Å². The van der Waals surface area contributed by atoms with Crippen molar-refractivity contribution < 1.29 is 15.0 Å². The molecule has 0 bridgehead atoms. The van der Waals surface area contributed by atoms with Crippen LogP contribution >= 0.6 is 23.8 Å². The van der Waals surface area contributed by atoms with Crippen LogP contribution in [0.25, 0.3) is 0 Å². The molecule has 0 aromatic heterocycles. The molecule has 2 aromatic rings. The first kappa shape index (κ1) is 15.1. The summed E-state index contributed by atoms with van der Waals surface area (Å²) in [5.74, 6) is -0.948. The zero-order chi connectivity index (χ0) is 15.6. The maximum atomic E-state index is 12.0. The van der Waals surface area contributed by atoms with Crippen molar-refractivity contribution in [1.29, 1.82) is 0 Å². The Balaban J connectivity index is 2.25. The third-order valence-corrected chi connectivity index (χ3v) is 3.21. The molecular weight excluding hydrogens is 312 g/mol. The van der Waals surface area contributed by atoms with Crippen molar-refractivity contribution in [2.45, 2.75) is 0 Å². The number of hydrogen-bond donors (Lipinski definition) is 4. The highest BCUT2D eigenvalue weighted by atomic mass is 35.5. The molecule has 108 valence electrons. The van der Waals surface area contributed by atoms with E-state index >= 15 is 0 Å². The van der Waals surface area contributed by atoms with Gasteiger partial charge in [-0.05, 0) is 30.3 Å². The predicted octanol–water partition coefficient (Wildman–Crippen LogP) is 2.64. The standard InChI is InChI=1S/C14H11ClN2O3S/c15-11-5-7(13(16)21)1-2-12(11)17-14(20)8-3-9(18)6-10(19)4-8/h1-6,18-19H,(H2,16,21)(H,17,20). The Hall–Kier alpha value is -2.31. The van der Waals surface area contributed by atoms with Gasteiger partial charge in [-0.3, -0.25) is 4.79 Å². The van der Waals surface area contributed by atoms with Crippen LogP contribution in [-0.4, -0.2) is 21.1 Å². The Labute approximate surface area is 131 Å². The van der Waals surface area contributed by atoms with Gasteiger partial charge in [-0.1, -0.05) is 23.8 Å². The van der Waals surface area contributed by atoms with Crippen LogP contribution in [0.3, 0.4) is 0 Å². The number of nitrogens with two attached hydrogens (primary N) is 1.